The van der Waals surface area contributed by atoms with Crippen LogP contribution in [-0.2, 0) is 12.0 Å². The van der Waals surface area contributed by atoms with Gasteiger partial charge in [-0.05, 0) is 54.4 Å². The first-order chi connectivity index (χ1) is 15.3. The summed E-state index contributed by atoms with van der Waals surface area (Å²) < 4.78 is 0. The molecule has 0 atom stereocenters. The summed E-state index contributed by atoms with van der Waals surface area (Å²) >= 11 is 0. The van der Waals surface area contributed by atoms with Gasteiger partial charge >= 0.3 is 0 Å². The molecule has 3 aromatic rings. The Morgan fingerprint density at radius 1 is 0.875 bits per heavy atom. The number of benzene rings is 2. The minimum atomic E-state index is 0.208. The third-order valence-corrected chi connectivity index (χ3v) is 6.48. The van der Waals surface area contributed by atoms with Crippen molar-refractivity contribution in [2.45, 2.75) is 70.5 Å². The summed E-state index contributed by atoms with van der Waals surface area (Å²) in [4.78, 5) is 11.6. The highest BCUT2D eigenvalue weighted by Gasteiger charge is 2.22. The second-order valence-electron chi connectivity index (χ2n) is 10.3. The highest BCUT2D eigenvalue weighted by Crippen LogP contribution is 2.27. The Balaban J connectivity index is 1.31. The first kappa shape index (κ1) is 22.5. The Morgan fingerprint density at radius 2 is 1.53 bits per heavy atom. The van der Waals surface area contributed by atoms with Crippen LogP contribution >= 0.6 is 0 Å². The van der Waals surface area contributed by atoms with E-state index in [0.29, 0.717) is 12.1 Å². The van der Waals surface area contributed by atoms with E-state index in [1.807, 2.05) is 26.2 Å². The summed E-state index contributed by atoms with van der Waals surface area (Å²) in [5, 5.41) is 8.46. The molecular formula is C27H37N5. The van der Waals surface area contributed by atoms with Crippen molar-refractivity contribution in [1.82, 2.24) is 15.3 Å². The molecule has 0 aliphatic heterocycles. The Bertz CT molecular complexity index is 1030. The molecule has 0 saturated heterocycles. The average molecular weight is 432 g/mol. The van der Waals surface area contributed by atoms with Gasteiger partial charge in [0.1, 0.15) is 5.82 Å². The molecular weight excluding hydrogens is 394 g/mol. The number of aromatic nitrogens is 2. The standard InChI is InChI=1S/C27H37N5/c1-27(2,3)20-12-10-19(11-13-20)18-28-21-14-16-22(17-15-21)29-26-30-24-9-7-6-8-23(24)25(31-26)32(4)5/h6-13,21-22,28H,14-18H2,1-5H3,(H,29,30,31). The molecule has 0 bridgehead atoms. The van der Waals surface area contributed by atoms with Crippen LogP contribution < -0.4 is 15.5 Å². The molecule has 5 heteroatoms. The van der Waals surface area contributed by atoms with E-state index in [-0.39, 0.29) is 5.41 Å². The number of rotatable bonds is 6. The number of anilines is 2. The first-order valence-corrected chi connectivity index (χ1v) is 11.8. The van der Waals surface area contributed by atoms with Gasteiger partial charge in [0.2, 0.25) is 5.95 Å². The predicted molar refractivity (Wildman–Crippen MR) is 136 cm³/mol. The van der Waals surface area contributed by atoms with Crippen molar-refractivity contribution in [2.75, 3.05) is 24.3 Å². The molecule has 1 aromatic heterocycles. The summed E-state index contributed by atoms with van der Waals surface area (Å²) in [5.74, 6) is 1.70. The van der Waals surface area contributed by atoms with Crippen LogP contribution in [-0.4, -0.2) is 36.1 Å². The fourth-order valence-electron chi connectivity index (χ4n) is 4.47. The largest absolute Gasteiger partial charge is 0.362 e. The second-order valence-corrected chi connectivity index (χ2v) is 10.3. The lowest BCUT2D eigenvalue weighted by Crippen LogP contribution is -2.37. The van der Waals surface area contributed by atoms with Crippen LogP contribution in [0.1, 0.15) is 57.6 Å². The number of hydrogen-bond acceptors (Lipinski definition) is 5. The molecule has 1 aliphatic rings. The fourth-order valence-corrected chi connectivity index (χ4v) is 4.47. The van der Waals surface area contributed by atoms with Crippen LogP contribution in [0, 0.1) is 0 Å². The summed E-state index contributed by atoms with van der Waals surface area (Å²) in [6, 6.07) is 18.3. The number of fused-ring (bicyclic) bond motifs is 1. The van der Waals surface area contributed by atoms with Crippen molar-refractivity contribution in [1.29, 1.82) is 0 Å². The van der Waals surface area contributed by atoms with E-state index in [4.69, 9.17) is 9.97 Å². The molecule has 0 radical (unpaired) electrons. The maximum atomic E-state index is 4.80. The van der Waals surface area contributed by atoms with E-state index in [9.17, 15) is 0 Å². The van der Waals surface area contributed by atoms with Gasteiger partial charge in [-0.2, -0.15) is 4.98 Å². The van der Waals surface area contributed by atoms with E-state index >= 15 is 0 Å². The molecule has 0 spiro atoms. The highest BCUT2D eigenvalue weighted by atomic mass is 15.2. The van der Waals surface area contributed by atoms with E-state index in [1.165, 1.54) is 24.0 Å². The van der Waals surface area contributed by atoms with E-state index in [1.54, 1.807) is 0 Å². The van der Waals surface area contributed by atoms with Crippen LogP contribution in [0.5, 0.6) is 0 Å². The Morgan fingerprint density at radius 3 is 2.19 bits per heavy atom. The normalized spacial score (nSPS) is 19.2. The molecule has 170 valence electrons. The zero-order valence-corrected chi connectivity index (χ0v) is 20.2. The molecule has 5 nitrogen and oxygen atoms in total. The zero-order valence-electron chi connectivity index (χ0n) is 20.2. The molecule has 1 heterocycles. The minimum Gasteiger partial charge on any atom is -0.362 e. The van der Waals surface area contributed by atoms with Gasteiger partial charge < -0.3 is 15.5 Å². The van der Waals surface area contributed by atoms with Crippen molar-refractivity contribution in [3.8, 4) is 0 Å². The Hall–Kier alpha value is -2.66. The van der Waals surface area contributed by atoms with Crippen LogP contribution in [0.3, 0.4) is 0 Å². The molecule has 0 unspecified atom stereocenters. The maximum Gasteiger partial charge on any atom is 0.225 e. The summed E-state index contributed by atoms with van der Waals surface area (Å²) in [6.07, 6.45) is 4.61. The molecule has 2 N–H and O–H groups in total. The lowest BCUT2D eigenvalue weighted by Gasteiger charge is -2.30. The second kappa shape index (κ2) is 9.45. The van der Waals surface area contributed by atoms with Crippen LogP contribution in [0.25, 0.3) is 10.9 Å². The molecule has 4 rings (SSSR count). The zero-order chi connectivity index (χ0) is 22.7. The van der Waals surface area contributed by atoms with Gasteiger partial charge in [-0.1, -0.05) is 57.2 Å². The Kier molecular flexibility index (Phi) is 6.66. The van der Waals surface area contributed by atoms with Crippen molar-refractivity contribution in [3.63, 3.8) is 0 Å². The lowest BCUT2D eigenvalue weighted by molar-refractivity contribution is 0.352. The monoisotopic (exact) mass is 431 g/mol. The van der Waals surface area contributed by atoms with Gasteiger partial charge in [0.25, 0.3) is 0 Å². The highest BCUT2D eigenvalue weighted by molar-refractivity contribution is 5.90. The lowest BCUT2D eigenvalue weighted by atomic mass is 9.86. The quantitative estimate of drug-likeness (QED) is 0.539. The van der Waals surface area contributed by atoms with Gasteiger partial charge in [0, 0.05) is 38.1 Å². The maximum absolute atomic E-state index is 4.80. The van der Waals surface area contributed by atoms with Gasteiger partial charge in [-0.25, -0.2) is 4.98 Å². The van der Waals surface area contributed by atoms with Crippen molar-refractivity contribution in [2.24, 2.45) is 0 Å². The number of hydrogen-bond donors (Lipinski definition) is 2. The van der Waals surface area contributed by atoms with Gasteiger partial charge in [-0.15, -0.1) is 0 Å². The summed E-state index contributed by atoms with van der Waals surface area (Å²) in [5.41, 5.74) is 3.95. The van der Waals surface area contributed by atoms with Crippen molar-refractivity contribution in [3.05, 3.63) is 59.7 Å². The van der Waals surface area contributed by atoms with E-state index in [2.05, 4.69) is 72.7 Å². The van der Waals surface area contributed by atoms with E-state index in [0.717, 1.165) is 42.1 Å². The Labute approximate surface area is 192 Å². The summed E-state index contributed by atoms with van der Waals surface area (Å²) in [7, 11) is 4.07. The van der Waals surface area contributed by atoms with Crippen LogP contribution in [0.4, 0.5) is 11.8 Å². The predicted octanol–water partition coefficient (Wildman–Crippen LogP) is 5.51. The smallest absolute Gasteiger partial charge is 0.225 e. The SMILES string of the molecule is CN(C)c1nc(NC2CCC(NCc3ccc(C(C)(C)C)cc3)CC2)nc2ccccc12. The minimum absolute atomic E-state index is 0.208. The van der Waals surface area contributed by atoms with Gasteiger partial charge in [-0.3, -0.25) is 0 Å². The van der Waals surface area contributed by atoms with Gasteiger partial charge in [0.05, 0.1) is 5.52 Å². The van der Waals surface area contributed by atoms with Crippen LogP contribution in [0.2, 0.25) is 0 Å². The average Bonchev–Trinajstić information content (AvgIpc) is 2.77. The molecule has 2 aromatic carbocycles. The van der Waals surface area contributed by atoms with Crippen molar-refractivity contribution >= 4 is 22.7 Å². The van der Waals surface area contributed by atoms with Crippen LogP contribution in [0.15, 0.2) is 48.5 Å². The molecule has 32 heavy (non-hydrogen) atoms. The number of nitrogens with one attached hydrogen (secondary N) is 2. The first-order valence-electron chi connectivity index (χ1n) is 11.8. The van der Waals surface area contributed by atoms with Gasteiger partial charge in [0.15, 0.2) is 0 Å². The fraction of sp³-hybridized carbons (Fsp3) is 0.481. The molecule has 0 amide bonds. The topological polar surface area (TPSA) is 53.1 Å². The molecule has 1 fully saturated rings. The molecule has 1 aliphatic carbocycles. The number of para-hydroxylation sites is 1. The van der Waals surface area contributed by atoms with Crippen molar-refractivity contribution < 1.29 is 0 Å². The third-order valence-electron chi connectivity index (χ3n) is 6.48. The third kappa shape index (κ3) is 5.39. The molecule has 1 saturated carbocycles. The number of nitrogens with zero attached hydrogens (tertiary/aromatic N) is 3. The summed E-state index contributed by atoms with van der Waals surface area (Å²) in [6.45, 7) is 7.72. The van der Waals surface area contributed by atoms with E-state index < -0.39 is 0 Å².